The summed E-state index contributed by atoms with van der Waals surface area (Å²) in [6, 6.07) is 3.69. The highest BCUT2D eigenvalue weighted by Crippen LogP contribution is 2.23. The molecule has 0 aliphatic rings. The molecular formula is C13H13N3O2S2. The molecule has 0 radical (unpaired) electrons. The zero-order valence-corrected chi connectivity index (χ0v) is 12.3. The zero-order chi connectivity index (χ0) is 14.4. The van der Waals surface area contributed by atoms with Crippen molar-refractivity contribution in [3.63, 3.8) is 0 Å². The van der Waals surface area contributed by atoms with Crippen molar-refractivity contribution >= 4 is 40.7 Å². The summed E-state index contributed by atoms with van der Waals surface area (Å²) in [7, 11) is 0. The zero-order valence-electron chi connectivity index (χ0n) is 10.7. The first-order chi connectivity index (χ1) is 9.72. The number of aromatic nitrogens is 3. The van der Waals surface area contributed by atoms with E-state index in [9.17, 15) is 4.79 Å². The van der Waals surface area contributed by atoms with Gasteiger partial charge in [0.2, 0.25) is 0 Å². The maximum Gasteiger partial charge on any atom is 0.313 e. The number of pyridine rings is 1. The molecule has 2 heterocycles. The number of carboxylic acid groups (broad SMARTS) is 1. The molecule has 5 nitrogen and oxygen atoms in total. The van der Waals surface area contributed by atoms with Gasteiger partial charge in [0.25, 0.3) is 0 Å². The summed E-state index contributed by atoms with van der Waals surface area (Å²) in [5, 5.41) is 9.47. The van der Waals surface area contributed by atoms with Crippen LogP contribution >= 0.6 is 23.5 Å². The Bertz CT molecular complexity index is 649. The second-order valence-corrected chi connectivity index (χ2v) is 5.88. The van der Waals surface area contributed by atoms with Crippen molar-refractivity contribution in [3.8, 4) is 12.3 Å². The van der Waals surface area contributed by atoms with Crippen LogP contribution in [0.25, 0.3) is 11.2 Å². The number of rotatable bonds is 7. The number of aliphatic carboxylic acids is 1. The summed E-state index contributed by atoms with van der Waals surface area (Å²) in [4.78, 5) is 19.5. The lowest BCUT2D eigenvalue weighted by molar-refractivity contribution is -0.133. The van der Waals surface area contributed by atoms with Crippen LogP contribution in [0, 0.1) is 12.3 Å². The van der Waals surface area contributed by atoms with Crippen LogP contribution in [0.5, 0.6) is 0 Å². The molecule has 0 saturated heterocycles. The summed E-state index contributed by atoms with van der Waals surface area (Å²) >= 11 is 2.86. The van der Waals surface area contributed by atoms with Crippen LogP contribution in [-0.4, -0.2) is 42.9 Å². The SMILES string of the molecule is C#CCSCCn1c(SCC(=O)O)nc2cccnc21. The van der Waals surface area contributed by atoms with Gasteiger partial charge in [-0.2, -0.15) is 0 Å². The van der Waals surface area contributed by atoms with E-state index in [0.717, 1.165) is 16.9 Å². The summed E-state index contributed by atoms with van der Waals surface area (Å²) < 4.78 is 1.95. The van der Waals surface area contributed by atoms with E-state index in [1.807, 2.05) is 16.7 Å². The predicted octanol–water partition coefficient (Wildman–Crippen LogP) is 1.97. The van der Waals surface area contributed by atoms with Crippen molar-refractivity contribution < 1.29 is 9.90 Å². The molecule has 20 heavy (non-hydrogen) atoms. The number of carbonyl (C=O) groups is 1. The molecule has 0 aromatic carbocycles. The Kier molecular flexibility index (Phi) is 5.32. The number of aryl methyl sites for hydroxylation is 1. The average Bonchev–Trinajstić information content (AvgIpc) is 2.79. The molecule has 0 saturated carbocycles. The van der Waals surface area contributed by atoms with E-state index in [0.29, 0.717) is 17.5 Å². The number of hydrogen-bond acceptors (Lipinski definition) is 5. The molecule has 0 unspecified atom stereocenters. The van der Waals surface area contributed by atoms with Gasteiger partial charge in [0.15, 0.2) is 10.8 Å². The molecule has 2 aromatic rings. The topological polar surface area (TPSA) is 68.0 Å². The van der Waals surface area contributed by atoms with Crippen LogP contribution in [0.1, 0.15) is 0 Å². The first-order valence-corrected chi connectivity index (χ1v) is 8.03. The molecule has 0 aliphatic heterocycles. The molecule has 0 amide bonds. The van der Waals surface area contributed by atoms with Crippen LogP contribution in [0.3, 0.4) is 0 Å². The lowest BCUT2D eigenvalue weighted by Gasteiger charge is -2.06. The number of carboxylic acids is 1. The molecule has 2 aromatic heterocycles. The minimum atomic E-state index is -0.858. The Morgan fingerprint density at radius 1 is 1.55 bits per heavy atom. The second-order valence-electron chi connectivity index (χ2n) is 3.83. The highest BCUT2D eigenvalue weighted by Gasteiger charge is 2.13. The predicted molar refractivity (Wildman–Crippen MR) is 82.0 cm³/mol. The monoisotopic (exact) mass is 307 g/mol. The fourth-order valence-corrected chi connectivity index (χ4v) is 2.99. The van der Waals surface area contributed by atoms with Gasteiger partial charge in [-0.05, 0) is 12.1 Å². The molecule has 0 aliphatic carbocycles. The number of thioether (sulfide) groups is 2. The lowest BCUT2D eigenvalue weighted by Crippen LogP contribution is -2.05. The third-order valence-electron chi connectivity index (χ3n) is 2.44. The maximum atomic E-state index is 10.7. The van der Waals surface area contributed by atoms with Crippen molar-refractivity contribution in [3.05, 3.63) is 18.3 Å². The first kappa shape index (κ1) is 14.8. The Hall–Kier alpha value is -1.65. The Morgan fingerprint density at radius 2 is 2.40 bits per heavy atom. The van der Waals surface area contributed by atoms with E-state index in [2.05, 4.69) is 15.9 Å². The van der Waals surface area contributed by atoms with Gasteiger partial charge in [-0.15, -0.1) is 18.2 Å². The van der Waals surface area contributed by atoms with Gasteiger partial charge < -0.3 is 9.67 Å². The van der Waals surface area contributed by atoms with Gasteiger partial charge in [-0.1, -0.05) is 17.7 Å². The van der Waals surface area contributed by atoms with Crippen molar-refractivity contribution in [2.45, 2.75) is 11.7 Å². The van der Waals surface area contributed by atoms with E-state index >= 15 is 0 Å². The summed E-state index contributed by atoms with van der Waals surface area (Å²) in [6.07, 6.45) is 6.93. The molecule has 0 bridgehead atoms. The number of fused-ring (bicyclic) bond motifs is 1. The van der Waals surface area contributed by atoms with Gasteiger partial charge in [-0.25, -0.2) is 9.97 Å². The number of terminal acetylenes is 1. The van der Waals surface area contributed by atoms with Gasteiger partial charge >= 0.3 is 5.97 Å². The fourth-order valence-electron chi connectivity index (χ4n) is 1.66. The first-order valence-electron chi connectivity index (χ1n) is 5.89. The standard InChI is InChI=1S/C13H13N3O2S2/c1-2-7-19-8-6-16-12-10(4-3-5-14-12)15-13(16)20-9-11(17)18/h1,3-5H,6-9H2,(H,17,18). The highest BCUT2D eigenvalue weighted by atomic mass is 32.2. The minimum Gasteiger partial charge on any atom is -0.481 e. The smallest absolute Gasteiger partial charge is 0.313 e. The fraction of sp³-hybridized carbons (Fsp3) is 0.308. The van der Waals surface area contributed by atoms with Crippen LogP contribution in [0.15, 0.2) is 23.5 Å². The van der Waals surface area contributed by atoms with E-state index in [-0.39, 0.29) is 5.75 Å². The molecule has 1 N–H and O–H groups in total. The van der Waals surface area contributed by atoms with Crippen molar-refractivity contribution in [1.82, 2.24) is 14.5 Å². The van der Waals surface area contributed by atoms with Gasteiger partial charge in [-0.3, -0.25) is 4.79 Å². The molecule has 7 heteroatoms. The molecular weight excluding hydrogens is 294 g/mol. The number of imidazole rings is 1. The quantitative estimate of drug-likeness (QED) is 0.479. The Balaban J connectivity index is 2.20. The van der Waals surface area contributed by atoms with Crippen molar-refractivity contribution in [1.29, 1.82) is 0 Å². The minimum absolute atomic E-state index is 0.0131. The van der Waals surface area contributed by atoms with Gasteiger partial charge in [0.05, 0.1) is 11.5 Å². The molecule has 0 atom stereocenters. The third kappa shape index (κ3) is 3.68. The normalized spacial score (nSPS) is 10.6. The average molecular weight is 307 g/mol. The number of hydrogen-bond donors (Lipinski definition) is 1. The van der Waals surface area contributed by atoms with E-state index in [4.69, 9.17) is 11.5 Å². The number of nitrogens with zero attached hydrogens (tertiary/aromatic N) is 3. The summed E-state index contributed by atoms with van der Waals surface area (Å²) in [5.74, 6) is 3.21. The van der Waals surface area contributed by atoms with E-state index < -0.39 is 5.97 Å². The Labute approximate surface area is 125 Å². The summed E-state index contributed by atoms with van der Waals surface area (Å²) in [6.45, 7) is 0.710. The van der Waals surface area contributed by atoms with E-state index in [1.165, 1.54) is 11.8 Å². The molecule has 0 fully saturated rings. The van der Waals surface area contributed by atoms with Crippen molar-refractivity contribution in [2.24, 2.45) is 0 Å². The highest BCUT2D eigenvalue weighted by molar-refractivity contribution is 8.00. The second kappa shape index (κ2) is 7.22. The molecule has 104 valence electrons. The third-order valence-corrected chi connectivity index (χ3v) is 4.24. The molecule has 2 rings (SSSR count). The van der Waals surface area contributed by atoms with Gasteiger partial charge in [0.1, 0.15) is 5.52 Å². The van der Waals surface area contributed by atoms with Gasteiger partial charge in [0, 0.05) is 18.5 Å². The van der Waals surface area contributed by atoms with Crippen LogP contribution < -0.4 is 0 Å². The largest absolute Gasteiger partial charge is 0.481 e. The van der Waals surface area contributed by atoms with E-state index in [1.54, 1.807) is 18.0 Å². The lowest BCUT2D eigenvalue weighted by atomic mass is 10.4. The summed E-state index contributed by atoms with van der Waals surface area (Å²) in [5.41, 5.74) is 1.56. The van der Waals surface area contributed by atoms with Crippen LogP contribution in [0.2, 0.25) is 0 Å². The van der Waals surface area contributed by atoms with Crippen molar-refractivity contribution in [2.75, 3.05) is 17.3 Å². The molecule has 0 spiro atoms. The maximum absolute atomic E-state index is 10.7. The Morgan fingerprint density at radius 3 is 3.15 bits per heavy atom. The van der Waals surface area contributed by atoms with Crippen LogP contribution in [0.4, 0.5) is 0 Å². The van der Waals surface area contributed by atoms with Crippen LogP contribution in [-0.2, 0) is 11.3 Å².